The second-order valence-electron chi connectivity index (χ2n) is 7.77. The normalized spacial score (nSPS) is 18.3. The highest BCUT2D eigenvalue weighted by molar-refractivity contribution is 7.10. The highest BCUT2D eigenvalue weighted by Gasteiger charge is 2.47. The Bertz CT molecular complexity index is 1190. The van der Waals surface area contributed by atoms with E-state index in [9.17, 15) is 14.7 Å². The van der Waals surface area contributed by atoms with Crippen LogP contribution in [0.2, 0.25) is 0 Å². The van der Waals surface area contributed by atoms with Gasteiger partial charge in [0, 0.05) is 16.1 Å². The van der Waals surface area contributed by atoms with Crippen LogP contribution in [0.5, 0.6) is 0 Å². The van der Waals surface area contributed by atoms with Crippen LogP contribution < -0.4 is 4.90 Å². The van der Waals surface area contributed by atoms with Gasteiger partial charge < -0.3 is 5.11 Å². The van der Waals surface area contributed by atoms with Crippen molar-refractivity contribution in [3.63, 3.8) is 0 Å². The van der Waals surface area contributed by atoms with Crippen LogP contribution in [0, 0.1) is 27.7 Å². The highest BCUT2D eigenvalue weighted by Crippen LogP contribution is 2.44. The van der Waals surface area contributed by atoms with Gasteiger partial charge in [0.25, 0.3) is 11.7 Å². The number of Topliss-reactive ketones (excluding diaryl/α,β-unsaturated/α-hetero) is 1. The Labute approximate surface area is 180 Å². The Hall–Kier alpha value is -3.18. The predicted molar refractivity (Wildman–Crippen MR) is 121 cm³/mol. The molecule has 4 rings (SSSR count). The molecule has 1 N–H and O–H groups in total. The van der Waals surface area contributed by atoms with Crippen LogP contribution in [-0.2, 0) is 9.59 Å². The van der Waals surface area contributed by atoms with Gasteiger partial charge in [-0.25, -0.2) is 0 Å². The van der Waals surface area contributed by atoms with Crippen molar-refractivity contribution >= 4 is 34.5 Å². The maximum atomic E-state index is 13.2. The smallest absolute Gasteiger partial charge is 0.300 e. The van der Waals surface area contributed by atoms with E-state index in [1.165, 1.54) is 16.2 Å². The molecule has 0 spiro atoms. The zero-order chi connectivity index (χ0) is 21.6. The van der Waals surface area contributed by atoms with Crippen molar-refractivity contribution in [2.45, 2.75) is 33.7 Å². The summed E-state index contributed by atoms with van der Waals surface area (Å²) < 4.78 is 0. The number of nitrogens with zero attached hydrogens (tertiary/aromatic N) is 1. The molecule has 1 aliphatic rings. The zero-order valence-corrected chi connectivity index (χ0v) is 18.2. The molecule has 1 atom stereocenters. The fourth-order valence-corrected chi connectivity index (χ4v) is 4.65. The molecule has 30 heavy (non-hydrogen) atoms. The van der Waals surface area contributed by atoms with Gasteiger partial charge in [0.05, 0.1) is 5.57 Å². The lowest BCUT2D eigenvalue weighted by molar-refractivity contribution is -0.132. The molecule has 1 aromatic heterocycles. The topological polar surface area (TPSA) is 57.6 Å². The highest BCUT2D eigenvalue weighted by atomic mass is 32.1. The third-order valence-electron chi connectivity index (χ3n) is 5.67. The van der Waals surface area contributed by atoms with Crippen molar-refractivity contribution in [3.8, 4) is 0 Å². The zero-order valence-electron chi connectivity index (χ0n) is 17.4. The van der Waals surface area contributed by atoms with Gasteiger partial charge in [-0.15, -0.1) is 11.3 Å². The third kappa shape index (κ3) is 3.25. The van der Waals surface area contributed by atoms with Crippen LogP contribution >= 0.6 is 11.3 Å². The summed E-state index contributed by atoms with van der Waals surface area (Å²) in [5, 5.41) is 13.1. The molecule has 5 heteroatoms. The molecular weight excluding hydrogens is 394 g/mol. The maximum absolute atomic E-state index is 13.2. The van der Waals surface area contributed by atoms with Crippen molar-refractivity contribution in [1.82, 2.24) is 0 Å². The van der Waals surface area contributed by atoms with E-state index in [-0.39, 0.29) is 11.3 Å². The molecule has 0 radical (unpaired) electrons. The van der Waals surface area contributed by atoms with Gasteiger partial charge >= 0.3 is 0 Å². The maximum Gasteiger partial charge on any atom is 0.300 e. The molecule has 0 bridgehead atoms. The predicted octanol–water partition coefficient (Wildman–Crippen LogP) is 5.61. The number of rotatable bonds is 3. The molecule has 152 valence electrons. The quantitative estimate of drug-likeness (QED) is 0.342. The number of aryl methyl sites for hydroxylation is 4. The largest absolute Gasteiger partial charge is 0.507 e. The van der Waals surface area contributed by atoms with Gasteiger partial charge in [0.1, 0.15) is 11.8 Å². The number of hydrogen-bond acceptors (Lipinski definition) is 4. The number of carbonyl (C=O) groups excluding carboxylic acids is 2. The van der Waals surface area contributed by atoms with Crippen molar-refractivity contribution in [1.29, 1.82) is 0 Å². The van der Waals surface area contributed by atoms with E-state index < -0.39 is 17.7 Å². The summed E-state index contributed by atoms with van der Waals surface area (Å²) in [6.07, 6.45) is 0. The van der Waals surface area contributed by atoms with Crippen LogP contribution in [0.4, 0.5) is 5.69 Å². The first-order valence-electron chi connectivity index (χ1n) is 9.79. The second kappa shape index (κ2) is 7.58. The van der Waals surface area contributed by atoms with Crippen molar-refractivity contribution < 1.29 is 14.7 Å². The van der Waals surface area contributed by atoms with Crippen LogP contribution in [-0.4, -0.2) is 16.8 Å². The van der Waals surface area contributed by atoms with E-state index in [4.69, 9.17) is 0 Å². The summed E-state index contributed by atoms with van der Waals surface area (Å²) in [5.74, 6) is -1.41. The first kappa shape index (κ1) is 20.1. The Morgan fingerprint density at radius 2 is 1.67 bits per heavy atom. The Kier molecular flexibility index (Phi) is 5.08. The lowest BCUT2D eigenvalue weighted by Crippen LogP contribution is -2.29. The molecule has 2 aromatic carbocycles. The molecule has 1 unspecified atom stereocenters. The van der Waals surface area contributed by atoms with Gasteiger partial charge in [-0.2, -0.15) is 0 Å². The molecule has 2 heterocycles. The third-order valence-corrected chi connectivity index (χ3v) is 6.60. The fourth-order valence-electron chi connectivity index (χ4n) is 3.83. The van der Waals surface area contributed by atoms with E-state index in [0.29, 0.717) is 11.3 Å². The summed E-state index contributed by atoms with van der Waals surface area (Å²) in [6.45, 7) is 7.80. The van der Waals surface area contributed by atoms with Crippen molar-refractivity contribution in [2.24, 2.45) is 0 Å². The molecule has 3 aromatic rings. The van der Waals surface area contributed by atoms with Crippen molar-refractivity contribution in [3.05, 3.63) is 92.2 Å². The van der Waals surface area contributed by atoms with E-state index in [1.54, 1.807) is 0 Å². The van der Waals surface area contributed by atoms with E-state index in [2.05, 4.69) is 0 Å². The number of benzene rings is 2. The summed E-state index contributed by atoms with van der Waals surface area (Å²) in [7, 11) is 0. The minimum Gasteiger partial charge on any atom is -0.507 e. The Morgan fingerprint density at radius 3 is 2.33 bits per heavy atom. The lowest BCUT2D eigenvalue weighted by atomic mass is 9.96. The van der Waals surface area contributed by atoms with Gasteiger partial charge in [-0.05, 0) is 74.0 Å². The van der Waals surface area contributed by atoms with Crippen molar-refractivity contribution in [2.75, 3.05) is 4.90 Å². The lowest BCUT2D eigenvalue weighted by Gasteiger charge is -2.25. The van der Waals surface area contributed by atoms with Gasteiger partial charge in [0.15, 0.2) is 0 Å². The van der Waals surface area contributed by atoms with E-state index in [0.717, 1.165) is 27.1 Å². The summed E-state index contributed by atoms with van der Waals surface area (Å²) in [5.41, 5.74) is 5.33. The van der Waals surface area contributed by atoms with Crippen LogP contribution in [0.1, 0.15) is 38.7 Å². The monoisotopic (exact) mass is 417 g/mol. The number of amides is 1. The minimum atomic E-state index is -0.662. The molecule has 1 amide bonds. The number of aliphatic hydroxyl groups excluding tert-OH is 1. The summed E-state index contributed by atoms with van der Waals surface area (Å²) >= 11 is 1.46. The number of thiophene rings is 1. The first-order valence-corrected chi connectivity index (χ1v) is 10.7. The number of anilines is 1. The van der Waals surface area contributed by atoms with Gasteiger partial charge in [-0.1, -0.05) is 29.8 Å². The van der Waals surface area contributed by atoms with Crippen LogP contribution in [0.3, 0.4) is 0 Å². The summed E-state index contributed by atoms with van der Waals surface area (Å²) in [6, 6.07) is 14.5. The minimum absolute atomic E-state index is 0.126. The average Bonchev–Trinajstić information content (AvgIpc) is 3.33. The van der Waals surface area contributed by atoms with E-state index in [1.807, 2.05) is 81.6 Å². The Balaban J connectivity index is 1.96. The molecule has 1 saturated heterocycles. The molecule has 1 aliphatic heterocycles. The number of carbonyl (C=O) groups is 2. The van der Waals surface area contributed by atoms with Gasteiger partial charge in [-0.3, -0.25) is 14.5 Å². The second-order valence-corrected chi connectivity index (χ2v) is 8.75. The fraction of sp³-hybridized carbons (Fsp3) is 0.200. The molecule has 4 nitrogen and oxygen atoms in total. The van der Waals surface area contributed by atoms with E-state index >= 15 is 0 Å². The summed E-state index contributed by atoms with van der Waals surface area (Å²) in [4.78, 5) is 28.6. The average molecular weight is 418 g/mol. The number of hydrogen-bond donors (Lipinski definition) is 1. The number of ketones is 1. The molecule has 1 fully saturated rings. The molecule has 0 aliphatic carbocycles. The Morgan fingerprint density at radius 1 is 0.933 bits per heavy atom. The first-order chi connectivity index (χ1) is 14.3. The SMILES string of the molecule is Cc1ccc(C)c(/C(O)=C2/C(=O)C(=O)N(c3ccc(C)c(C)c3)C2c2cccs2)c1. The molecular formula is C25H23NO3S. The number of aliphatic hydroxyl groups is 1. The van der Waals surface area contributed by atoms with Crippen LogP contribution in [0.25, 0.3) is 5.76 Å². The van der Waals surface area contributed by atoms with Crippen LogP contribution in [0.15, 0.2) is 59.5 Å². The molecule has 0 saturated carbocycles. The standard InChI is InChI=1S/C25H23NO3S/c1-14-7-8-16(3)19(12-14)23(27)21-22(20-6-5-11-30-20)26(25(29)24(21)28)18-10-9-15(2)17(4)13-18/h5-13,22,27H,1-4H3/b23-21-. The van der Waals surface area contributed by atoms with Gasteiger partial charge in [0.2, 0.25) is 0 Å².